The zero-order valence-electron chi connectivity index (χ0n) is 17.9. The van der Waals surface area contributed by atoms with E-state index in [0.717, 1.165) is 47.4 Å². The number of fused-ring (bicyclic) bond motifs is 1. The molecule has 156 valence electrons. The molecule has 2 heterocycles. The van der Waals surface area contributed by atoms with Crippen LogP contribution in [0.3, 0.4) is 0 Å². The number of aliphatic hydroxyl groups excluding tert-OH is 1. The lowest BCUT2D eigenvalue weighted by atomic mass is 10.1. The monoisotopic (exact) mass is 396 g/mol. The molecule has 0 saturated heterocycles. The van der Waals surface area contributed by atoms with E-state index in [0.29, 0.717) is 18.5 Å². The number of ether oxygens (including phenoxy) is 1. The maximum Gasteiger partial charge on any atom is 0.316 e. The fraction of sp³-hybridized carbons (Fsp3) is 0.478. The third kappa shape index (κ3) is 5.55. The molecule has 0 aliphatic heterocycles. The first-order chi connectivity index (χ1) is 14.0. The van der Waals surface area contributed by atoms with Crippen molar-refractivity contribution in [1.29, 1.82) is 0 Å². The van der Waals surface area contributed by atoms with E-state index in [4.69, 9.17) is 4.74 Å². The normalized spacial score (nSPS) is 12.8. The van der Waals surface area contributed by atoms with Crippen LogP contribution in [-0.2, 0) is 6.54 Å². The van der Waals surface area contributed by atoms with Gasteiger partial charge < -0.3 is 14.8 Å². The van der Waals surface area contributed by atoms with Crippen molar-refractivity contribution in [1.82, 2.24) is 19.9 Å². The number of nitrogens with zero attached hydrogens (tertiary/aromatic N) is 3. The van der Waals surface area contributed by atoms with E-state index in [-0.39, 0.29) is 12.6 Å². The summed E-state index contributed by atoms with van der Waals surface area (Å²) in [7, 11) is 0. The minimum Gasteiger partial charge on any atom is -0.463 e. The molecule has 0 aliphatic carbocycles. The van der Waals surface area contributed by atoms with Crippen molar-refractivity contribution in [2.45, 2.75) is 46.7 Å². The number of nitrogens with one attached hydrogen (secondary N) is 1. The Bertz CT molecular complexity index is 922. The molecule has 29 heavy (non-hydrogen) atoms. The van der Waals surface area contributed by atoms with Crippen LogP contribution in [0, 0.1) is 5.92 Å². The summed E-state index contributed by atoms with van der Waals surface area (Å²) in [5, 5.41) is 10.7. The van der Waals surface area contributed by atoms with Gasteiger partial charge in [0.1, 0.15) is 0 Å². The molecule has 6 nitrogen and oxygen atoms in total. The van der Waals surface area contributed by atoms with E-state index in [2.05, 4.69) is 71.8 Å². The highest BCUT2D eigenvalue weighted by atomic mass is 16.5. The van der Waals surface area contributed by atoms with Crippen LogP contribution in [0.5, 0.6) is 6.01 Å². The Kier molecular flexibility index (Phi) is 7.23. The Labute approximate surface area is 173 Å². The quantitative estimate of drug-likeness (QED) is 0.536. The van der Waals surface area contributed by atoms with Gasteiger partial charge >= 0.3 is 6.01 Å². The maximum atomic E-state index is 9.53. The summed E-state index contributed by atoms with van der Waals surface area (Å²) in [5.74, 6) is 0.428. The number of aliphatic hydroxyl groups is 1. The third-order valence-electron chi connectivity index (χ3n) is 4.92. The van der Waals surface area contributed by atoms with Gasteiger partial charge in [-0.15, -0.1) is 0 Å². The van der Waals surface area contributed by atoms with Crippen molar-refractivity contribution >= 4 is 10.9 Å². The SMILES string of the molecule is CCCN(Cc1cc2cc(-c3ccnc(OCC(C)C)n3)ccc2[nH]1)[C@H](C)CO. The number of aromatic nitrogens is 3. The van der Waals surface area contributed by atoms with Crippen molar-refractivity contribution in [2.75, 3.05) is 19.8 Å². The van der Waals surface area contributed by atoms with E-state index < -0.39 is 0 Å². The Morgan fingerprint density at radius 2 is 2.00 bits per heavy atom. The van der Waals surface area contributed by atoms with Gasteiger partial charge in [0.05, 0.1) is 18.9 Å². The standard InChI is InChI=1S/C23H32N4O2/c1-5-10-27(17(4)14-28)13-20-12-19-11-18(6-7-21(19)25-20)22-8-9-24-23(26-22)29-15-16(2)3/h6-9,11-12,16-17,25,28H,5,10,13-15H2,1-4H3/t17-/m1/s1. The summed E-state index contributed by atoms with van der Waals surface area (Å²) in [6, 6.07) is 10.9. The second-order valence-corrected chi connectivity index (χ2v) is 8.03. The second kappa shape index (κ2) is 9.85. The van der Waals surface area contributed by atoms with Gasteiger partial charge in [-0.1, -0.05) is 26.8 Å². The third-order valence-corrected chi connectivity index (χ3v) is 4.92. The molecule has 3 rings (SSSR count). The van der Waals surface area contributed by atoms with Crippen LogP contribution in [0.15, 0.2) is 36.5 Å². The summed E-state index contributed by atoms with van der Waals surface area (Å²) in [6.45, 7) is 10.9. The predicted octanol–water partition coefficient (Wildman–Crippen LogP) is 4.25. The lowest BCUT2D eigenvalue weighted by molar-refractivity contribution is 0.127. The zero-order valence-corrected chi connectivity index (χ0v) is 17.9. The highest BCUT2D eigenvalue weighted by molar-refractivity contribution is 5.85. The first kappa shape index (κ1) is 21.3. The van der Waals surface area contributed by atoms with Crippen LogP contribution in [0.1, 0.15) is 39.8 Å². The van der Waals surface area contributed by atoms with E-state index in [1.807, 2.05) is 6.07 Å². The van der Waals surface area contributed by atoms with E-state index >= 15 is 0 Å². The summed E-state index contributed by atoms with van der Waals surface area (Å²) < 4.78 is 5.67. The summed E-state index contributed by atoms with van der Waals surface area (Å²) in [6.07, 6.45) is 2.80. The molecule has 3 aromatic rings. The predicted molar refractivity (Wildman–Crippen MR) is 117 cm³/mol. The molecule has 1 atom stereocenters. The molecule has 0 spiro atoms. The molecule has 2 aromatic heterocycles. The molecule has 1 aromatic carbocycles. The van der Waals surface area contributed by atoms with Crippen LogP contribution >= 0.6 is 0 Å². The van der Waals surface area contributed by atoms with Crippen LogP contribution in [0.25, 0.3) is 22.2 Å². The summed E-state index contributed by atoms with van der Waals surface area (Å²) >= 11 is 0. The van der Waals surface area contributed by atoms with Crippen molar-refractivity contribution in [3.05, 3.63) is 42.2 Å². The second-order valence-electron chi connectivity index (χ2n) is 8.03. The minimum atomic E-state index is 0.141. The van der Waals surface area contributed by atoms with Gasteiger partial charge in [0, 0.05) is 40.9 Å². The van der Waals surface area contributed by atoms with Gasteiger partial charge in [0.15, 0.2) is 0 Å². The number of H-pyrrole nitrogens is 1. The molecule has 0 saturated carbocycles. The van der Waals surface area contributed by atoms with Crippen LogP contribution in [0.2, 0.25) is 0 Å². The molecule has 0 amide bonds. The van der Waals surface area contributed by atoms with Crippen LogP contribution in [-0.4, -0.2) is 50.8 Å². The number of aromatic amines is 1. The van der Waals surface area contributed by atoms with Gasteiger partial charge in [-0.3, -0.25) is 4.90 Å². The largest absolute Gasteiger partial charge is 0.463 e. The molecule has 6 heteroatoms. The first-order valence-electron chi connectivity index (χ1n) is 10.4. The van der Waals surface area contributed by atoms with Gasteiger partial charge in [-0.2, -0.15) is 4.98 Å². The molecular formula is C23H32N4O2. The Hall–Kier alpha value is -2.44. The molecule has 0 unspecified atom stereocenters. The Morgan fingerprint density at radius 1 is 1.17 bits per heavy atom. The average molecular weight is 397 g/mol. The van der Waals surface area contributed by atoms with Gasteiger partial charge in [-0.05, 0) is 50.1 Å². The highest BCUT2D eigenvalue weighted by Gasteiger charge is 2.14. The van der Waals surface area contributed by atoms with Crippen molar-refractivity contribution < 1.29 is 9.84 Å². The number of benzene rings is 1. The van der Waals surface area contributed by atoms with E-state index in [1.54, 1.807) is 6.20 Å². The first-order valence-corrected chi connectivity index (χ1v) is 10.4. The maximum absolute atomic E-state index is 9.53. The lowest BCUT2D eigenvalue weighted by Gasteiger charge is -2.26. The Balaban J connectivity index is 1.81. The number of hydrogen-bond acceptors (Lipinski definition) is 5. The van der Waals surface area contributed by atoms with Crippen molar-refractivity contribution in [3.8, 4) is 17.3 Å². The Morgan fingerprint density at radius 3 is 2.72 bits per heavy atom. The molecular weight excluding hydrogens is 364 g/mol. The molecule has 0 radical (unpaired) electrons. The van der Waals surface area contributed by atoms with Crippen molar-refractivity contribution in [2.24, 2.45) is 5.92 Å². The zero-order chi connectivity index (χ0) is 20.8. The fourth-order valence-electron chi connectivity index (χ4n) is 3.33. The van der Waals surface area contributed by atoms with E-state index in [1.165, 1.54) is 0 Å². The van der Waals surface area contributed by atoms with Crippen LogP contribution in [0.4, 0.5) is 0 Å². The smallest absolute Gasteiger partial charge is 0.316 e. The van der Waals surface area contributed by atoms with Crippen LogP contribution < -0.4 is 4.74 Å². The van der Waals surface area contributed by atoms with E-state index in [9.17, 15) is 5.11 Å². The average Bonchev–Trinajstić information content (AvgIpc) is 3.13. The van der Waals surface area contributed by atoms with Crippen molar-refractivity contribution in [3.63, 3.8) is 0 Å². The lowest BCUT2D eigenvalue weighted by Crippen LogP contribution is -2.35. The van der Waals surface area contributed by atoms with Gasteiger partial charge in [-0.25, -0.2) is 4.98 Å². The minimum absolute atomic E-state index is 0.141. The molecule has 2 N–H and O–H groups in total. The fourth-order valence-corrected chi connectivity index (χ4v) is 3.33. The topological polar surface area (TPSA) is 74.3 Å². The molecule has 0 aliphatic rings. The number of rotatable bonds is 10. The summed E-state index contributed by atoms with van der Waals surface area (Å²) in [5.41, 5.74) is 4.13. The molecule has 0 bridgehead atoms. The highest BCUT2D eigenvalue weighted by Crippen LogP contribution is 2.25. The van der Waals surface area contributed by atoms with Gasteiger partial charge in [0.2, 0.25) is 0 Å². The molecule has 0 fully saturated rings. The van der Waals surface area contributed by atoms with Gasteiger partial charge in [0.25, 0.3) is 0 Å². The summed E-state index contributed by atoms with van der Waals surface area (Å²) in [4.78, 5) is 14.6. The number of hydrogen-bond donors (Lipinski definition) is 2.